The Balaban J connectivity index is 3.38. The summed E-state index contributed by atoms with van der Waals surface area (Å²) < 4.78 is 79.8. The molecule has 1 unspecified atom stereocenters. The highest BCUT2D eigenvalue weighted by molar-refractivity contribution is 5.34. The molecule has 0 spiro atoms. The Morgan fingerprint density at radius 1 is 1.00 bits per heavy atom. The molecule has 0 heterocycles. The highest BCUT2D eigenvalue weighted by Gasteiger charge is 2.37. The molecular formula is C12H8F6O. The third-order valence-corrected chi connectivity index (χ3v) is 2.32. The van der Waals surface area contributed by atoms with Gasteiger partial charge < -0.3 is 4.74 Å². The summed E-state index contributed by atoms with van der Waals surface area (Å²) in [4.78, 5) is 0. The first kappa shape index (κ1) is 15.2. The van der Waals surface area contributed by atoms with E-state index in [9.17, 15) is 26.3 Å². The molecule has 19 heavy (non-hydrogen) atoms. The average molecular weight is 282 g/mol. The maximum Gasteiger partial charge on any atom is 0.416 e. The van der Waals surface area contributed by atoms with Gasteiger partial charge in [-0.3, -0.25) is 0 Å². The average Bonchev–Trinajstić information content (AvgIpc) is 2.26. The Labute approximate surface area is 105 Å². The van der Waals surface area contributed by atoms with Crippen molar-refractivity contribution in [3.63, 3.8) is 0 Å². The molecule has 0 fully saturated rings. The molecule has 0 aliphatic rings. The maximum absolute atomic E-state index is 12.5. The van der Waals surface area contributed by atoms with E-state index in [0.717, 1.165) is 0 Å². The summed E-state index contributed by atoms with van der Waals surface area (Å²) in [6.07, 6.45) is -4.32. The fraction of sp³-hybridized carbons (Fsp3) is 0.333. The molecule has 0 saturated carbocycles. The lowest BCUT2D eigenvalue weighted by atomic mass is 10.0. The van der Waals surface area contributed by atoms with Gasteiger partial charge in [-0.2, -0.15) is 26.3 Å². The Bertz CT molecular complexity index is 462. The predicted molar refractivity (Wildman–Crippen MR) is 54.8 cm³/mol. The Hall–Kier alpha value is -1.84. The molecule has 7 heteroatoms. The molecule has 0 amide bonds. The van der Waals surface area contributed by atoms with E-state index in [-0.39, 0.29) is 11.6 Å². The first-order chi connectivity index (χ1) is 8.55. The molecule has 0 N–H and O–H groups in total. The summed E-state index contributed by atoms with van der Waals surface area (Å²) in [5.41, 5.74) is -3.09. The van der Waals surface area contributed by atoms with Crippen LogP contribution in [0.15, 0.2) is 18.2 Å². The number of hydrogen-bond donors (Lipinski definition) is 0. The van der Waals surface area contributed by atoms with Crippen LogP contribution in [-0.4, -0.2) is 0 Å². The van der Waals surface area contributed by atoms with Crippen molar-refractivity contribution < 1.29 is 31.1 Å². The smallest absolute Gasteiger partial charge is 0.416 e. The van der Waals surface area contributed by atoms with E-state index in [1.54, 1.807) is 6.11 Å². The molecule has 0 saturated heterocycles. The van der Waals surface area contributed by atoms with E-state index < -0.39 is 29.6 Å². The SMILES string of the molecule is C#COC(C)c1cc(C(F)(F)F)cc(C(F)(F)F)c1. The van der Waals surface area contributed by atoms with Gasteiger partial charge in [-0.05, 0) is 30.7 Å². The summed E-state index contributed by atoms with van der Waals surface area (Å²) in [7, 11) is 0. The van der Waals surface area contributed by atoms with Crippen molar-refractivity contribution in [2.45, 2.75) is 25.4 Å². The highest BCUT2D eigenvalue weighted by atomic mass is 19.4. The van der Waals surface area contributed by atoms with Crippen molar-refractivity contribution in [1.29, 1.82) is 0 Å². The van der Waals surface area contributed by atoms with Crippen LogP contribution in [0.25, 0.3) is 0 Å². The zero-order valence-corrected chi connectivity index (χ0v) is 9.56. The fourth-order valence-corrected chi connectivity index (χ4v) is 1.38. The Morgan fingerprint density at radius 2 is 1.42 bits per heavy atom. The number of alkyl halides is 6. The monoisotopic (exact) mass is 282 g/mol. The molecule has 0 aromatic heterocycles. The van der Waals surface area contributed by atoms with Crippen molar-refractivity contribution in [1.82, 2.24) is 0 Å². The van der Waals surface area contributed by atoms with Gasteiger partial charge in [-0.25, -0.2) is 0 Å². The Kier molecular flexibility index (Phi) is 4.03. The molecule has 0 bridgehead atoms. The second-order valence-electron chi connectivity index (χ2n) is 3.72. The molecule has 1 nitrogen and oxygen atoms in total. The summed E-state index contributed by atoms with van der Waals surface area (Å²) in [6.45, 7) is 1.26. The van der Waals surface area contributed by atoms with Gasteiger partial charge in [0.05, 0.1) is 11.1 Å². The van der Waals surface area contributed by atoms with Crippen LogP contribution in [0.1, 0.15) is 29.7 Å². The van der Waals surface area contributed by atoms with Crippen molar-refractivity contribution >= 4 is 0 Å². The van der Waals surface area contributed by atoms with Gasteiger partial charge in [0.15, 0.2) is 0 Å². The van der Waals surface area contributed by atoms with Gasteiger partial charge in [-0.15, -0.1) is 0 Å². The van der Waals surface area contributed by atoms with Crippen LogP contribution < -0.4 is 0 Å². The summed E-state index contributed by atoms with van der Waals surface area (Å²) in [6, 6.07) is 1.21. The number of halogens is 6. The minimum Gasteiger partial charge on any atom is -0.439 e. The third-order valence-electron chi connectivity index (χ3n) is 2.32. The zero-order chi connectivity index (χ0) is 14.8. The topological polar surface area (TPSA) is 9.23 Å². The second-order valence-corrected chi connectivity index (χ2v) is 3.72. The first-order valence-corrected chi connectivity index (χ1v) is 4.96. The predicted octanol–water partition coefficient (Wildman–Crippen LogP) is 4.39. The quantitative estimate of drug-likeness (QED) is 0.577. The van der Waals surface area contributed by atoms with Crippen LogP contribution in [0.2, 0.25) is 0 Å². The van der Waals surface area contributed by atoms with E-state index in [1.165, 1.54) is 6.92 Å². The van der Waals surface area contributed by atoms with Crippen LogP contribution in [0.5, 0.6) is 0 Å². The number of terminal acetylenes is 1. The molecule has 0 aliphatic carbocycles. The van der Waals surface area contributed by atoms with Gasteiger partial charge in [-0.1, -0.05) is 6.42 Å². The number of rotatable bonds is 2. The van der Waals surface area contributed by atoms with Crippen molar-refractivity contribution in [2.75, 3.05) is 0 Å². The Morgan fingerprint density at radius 3 is 1.74 bits per heavy atom. The van der Waals surface area contributed by atoms with Crippen LogP contribution in [0.3, 0.4) is 0 Å². The largest absolute Gasteiger partial charge is 0.439 e. The van der Waals surface area contributed by atoms with E-state index in [4.69, 9.17) is 6.42 Å². The van der Waals surface area contributed by atoms with Gasteiger partial charge >= 0.3 is 12.4 Å². The molecule has 1 aromatic carbocycles. The molecule has 1 rings (SSSR count). The van der Waals surface area contributed by atoms with Crippen LogP contribution in [-0.2, 0) is 17.1 Å². The molecule has 1 atom stereocenters. The van der Waals surface area contributed by atoms with E-state index in [0.29, 0.717) is 12.1 Å². The van der Waals surface area contributed by atoms with Gasteiger partial charge in [0, 0.05) is 0 Å². The van der Waals surface area contributed by atoms with Crippen LogP contribution in [0.4, 0.5) is 26.3 Å². The van der Waals surface area contributed by atoms with E-state index in [2.05, 4.69) is 4.74 Å². The minimum atomic E-state index is -4.88. The second kappa shape index (κ2) is 5.03. The van der Waals surface area contributed by atoms with Gasteiger partial charge in [0.25, 0.3) is 0 Å². The summed E-state index contributed by atoms with van der Waals surface area (Å²) >= 11 is 0. The standard InChI is InChI=1S/C12H8F6O/c1-3-19-7(2)8-4-9(11(13,14)15)6-10(5-8)12(16,17)18/h1,4-7H,2H3. The lowest BCUT2D eigenvalue weighted by Gasteiger charge is -2.16. The highest BCUT2D eigenvalue weighted by Crippen LogP contribution is 2.37. The summed E-state index contributed by atoms with van der Waals surface area (Å²) in [5, 5.41) is 0. The molecule has 0 aliphatic heterocycles. The minimum absolute atomic E-state index is 0.0477. The van der Waals surface area contributed by atoms with E-state index in [1.807, 2.05) is 0 Å². The molecule has 104 valence electrons. The van der Waals surface area contributed by atoms with Crippen molar-refractivity contribution in [3.8, 4) is 12.5 Å². The molecule has 1 aromatic rings. The summed E-state index contributed by atoms with van der Waals surface area (Å²) in [5.74, 6) is 0. The van der Waals surface area contributed by atoms with Crippen LogP contribution in [0, 0.1) is 12.5 Å². The fourth-order valence-electron chi connectivity index (χ4n) is 1.38. The van der Waals surface area contributed by atoms with E-state index >= 15 is 0 Å². The van der Waals surface area contributed by atoms with Gasteiger partial charge in [0.1, 0.15) is 12.2 Å². The number of ether oxygens (including phenoxy) is 1. The molecular weight excluding hydrogens is 274 g/mol. The zero-order valence-electron chi connectivity index (χ0n) is 9.56. The number of benzene rings is 1. The number of hydrogen-bond acceptors (Lipinski definition) is 1. The lowest BCUT2D eigenvalue weighted by Crippen LogP contribution is -2.12. The normalized spacial score (nSPS) is 13.8. The van der Waals surface area contributed by atoms with Crippen molar-refractivity contribution in [2.24, 2.45) is 0 Å². The van der Waals surface area contributed by atoms with Crippen LogP contribution >= 0.6 is 0 Å². The van der Waals surface area contributed by atoms with Gasteiger partial charge in [0.2, 0.25) is 0 Å². The first-order valence-electron chi connectivity index (χ1n) is 4.96. The third kappa shape index (κ3) is 3.81. The molecule has 0 radical (unpaired) electrons. The van der Waals surface area contributed by atoms with Crippen molar-refractivity contribution in [3.05, 3.63) is 34.9 Å². The lowest BCUT2D eigenvalue weighted by molar-refractivity contribution is -0.143. The maximum atomic E-state index is 12.5.